The van der Waals surface area contributed by atoms with Gasteiger partial charge in [-0.25, -0.2) is 4.79 Å². The van der Waals surface area contributed by atoms with E-state index in [1.165, 1.54) is 0 Å². The van der Waals surface area contributed by atoms with E-state index in [-0.39, 0.29) is 12.1 Å². The Morgan fingerprint density at radius 1 is 1.29 bits per heavy atom. The minimum atomic E-state index is -0.270. The van der Waals surface area contributed by atoms with Gasteiger partial charge < -0.3 is 24.6 Å². The standard InChI is InChI=1S/C17H19N3O4/c1-22-13-6-4-12(5-7-13)16-9-15(24-20-16)11-19-17(21)18-10-14-3-2-8-23-14/h2-8,15H,9-11H2,1H3,(H2,18,19,21)/t15-/m1/s1. The highest BCUT2D eigenvalue weighted by Crippen LogP contribution is 2.18. The summed E-state index contributed by atoms with van der Waals surface area (Å²) in [6.07, 6.45) is 2.04. The number of hydrogen-bond acceptors (Lipinski definition) is 5. The predicted molar refractivity (Wildman–Crippen MR) is 88.0 cm³/mol. The number of hydrogen-bond donors (Lipinski definition) is 2. The van der Waals surface area contributed by atoms with Gasteiger partial charge in [-0.2, -0.15) is 0 Å². The molecule has 3 rings (SSSR count). The molecule has 0 saturated carbocycles. The number of nitrogens with zero attached hydrogens (tertiary/aromatic N) is 1. The monoisotopic (exact) mass is 329 g/mol. The number of urea groups is 1. The number of ether oxygens (including phenoxy) is 1. The second kappa shape index (κ2) is 7.54. The fourth-order valence-corrected chi connectivity index (χ4v) is 2.34. The first-order valence-corrected chi connectivity index (χ1v) is 7.66. The van der Waals surface area contributed by atoms with Crippen LogP contribution in [-0.2, 0) is 11.4 Å². The van der Waals surface area contributed by atoms with E-state index in [2.05, 4.69) is 15.8 Å². The van der Waals surface area contributed by atoms with E-state index in [0.717, 1.165) is 17.0 Å². The summed E-state index contributed by atoms with van der Waals surface area (Å²) in [5.41, 5.74) is 1.85. The predicted octanol–water partition coefficient (Wildman–Crippen LogP) is 2.28. The zero-order valence-corrected chi connectivity index (χ0v) is 13.3. The minimum absolute atomic E-state index is 0.170. The van der Waals surface area contributed by atoms with E-state index in [4.69, 9.17) is 14.0 Å². The highest BCUT2D eigenvalue weighted by molar-refractivity contribution is 6.01. The van der Waals surface area contributed by atoms with Crippen molar-refractivity contribution in [1.82, 2.24) is 10.6 Å². The lowest BCUT2D eigenvalue weighted by Crippen LogP contribution is -2.39. The third-order valence-corrected chi connectivity index (χ3v) is 3.65. The third kappa shape index (κ3) is 4.07. The summed E-state index contributed by atoms with van der Waals surface area (Å²) in [5.74, 6) is 1.50. The molecule has 0 bridgehead atoms. The van der Waals surface area contributed by atoms with Gasteiger partial charge in [0.15, 0.2) is 6.10 Å². The van der Waals surface area contributed by atoms with Crippen LogP contribution in [0.3, 0.4) is 0 Å². The number of carbonyl (C=O) groups is 1. The van der Waals surface area contributed by atoms with Crippen molar-refractivity contribution < 1.29 is 18.8 Å². The van der Waals surface area contributed by atoms with Crippen LogP contribution >= 0.6 is 0 Å². The van der Waals surface area contributed by atoms with E-state index in [1.54, 1.807) is 25.5 Å². The number of oxime groups is 1. The fourth-order valence-electron chi connectivity index (χ4n) is 2.34. The van der Waals surface area contributed by atoms with Crippen molar-refractivity contribution >= 4 is 11.7 Å². The van der Waals surface area contributed by atoms with Gasteiger partial charge in [-0.3, -0.25) is 0 Å². The molecule has 2 heterocycles. The molecule has 1 aliphatic rings. The van der Waals surface area contributed by atoms with Crippen molar-refractivity contribution in [2.75, 3.05) is 13.7 Å². The summed E-state index contributed by atoms with van der Waals surface area (Å²) in [6, 6.07) is 10.9. The first-order valence-electron chi connectivity index (χ1n) is 7.66. The van der Waals surface area contributed by atoms with Crippen molar-refractivity contribution in [2.45, 2.75) is 19.1 Å². The second-order valence-electron chi connectivity index (χ2n) is 5.34. The topological polar surface area (TPSA) is 85.1 Å². The molecule has 1 atom stereocenters. The molecule has 1 aromatic heterocycles. The summed E-state index contributed by atoms with van der Waals surface area (Å²) in [6.45, 7) is 0.727. The maximum absolute atomic E-state index is 11.7. The summed E-state index contributed by atoms with van der Waals surface area (Å²) >= 11 is 0. The van der Waals surface area contributed by atoms with Crippen LogP contribution in [0.5, 0.6) is 5.75 Å². The van der Waals surface area contributed by atoms with Gasteiger partial charge in [-0.1, -0.05) is 5.16 Å². The normalized spacial score (nSPS) is 16.2. The molecule has 2 N–H and O–H groups in total. The Bertz CT molecular complexity index is 695. The van der Waals surface area contributed by atoms with Crippen molar-refractivity contribution in [1.29, 1.82) is 0 Å². The molecule has 1 aromatic carbocycles. The lowest BCUT2D eigenvalue weighted by Gasteiger charge is -2.10. The van der Waals surface area contributed by atoms with Crippen LogP contribution in [0.2, 0.25) is 0 Å². The SMILES string of the molecule is COc1ccc(C2=NO[C@@H](CNC(=O)NCc3ccco3)C2)cc1. The lowest BCUT2D eigenvalue weighted by atomic mass is 10.0. The molecule has 7 nitrogen and oxygen atoms in total. The fraction of sp³-hybridized carbons (Fsp3) is 0.294. The first-order chi connectivity index (χ1) is 11.7. The minimum Gasteiger partial charge on any atom is -0.497 e. The van der Waals surface area contributed by atoms with Crippen LogP contribution in [0, 0.1) is 0 Å². The van der Waals surface area contributed by atoms with Crippen molar-refractivity contribution in [3.63, 3.8) is 0 Å². The molecule has 1 aliphatic heterocycles. The van der Waals surface area contributed by atoms with Gasteiger partial charge in [0.05, 0.1) is 32.2 Å². The molecule has 2 amide bonds. The van der Waals surface area contributed by atoms with E-state index in [9.17, 15) is 4.79 Å². The third-order valence-electron chi connectivity index (χ3n) is 3.65. The van der Waals surface area contributed by atoms with Crippen molar-refractivity contribution in [3.8, 4) is 5.75 Å². The molecule has 7 heteroatoms. The smallest absolute Gasteiger partial charge is 0.315 e. The van der Waals surface area contributed by atoms with Crippen LogP contribution in [-0.4, -0.2) is 31.5 Å². The number of rotatable bonds is 6. The number of methoxy groups -OCH3 is 1. The maximum atomic E-state index is 11.7. The largest absolute Gasteiger partial charge is 0.497 e. The van der Waals surface area contributed by atoms with E-state index in [0.29, 0.717) is 25.3 Å². The quantitative estimate of drug-likeness (QED) is 0.851. The first kappa shape index (κ1) is 15.9. The number of furan rings is 1. The molecule has 0 saturated heterocycles. The van der Waals surface area contributed by atoms with Gasteiger partial charge in [0, 0.05) is 6.42 Å². The molecule has 0 radical (unpaired) electrons. The Morgan fingerprint density at radius 2 is 2.12 bits per heavy atom. The molecule has 0 unspecified atom stereocenters. The van der Waals surface area contributed by atoms with Gasteiger partial charge in [-0.05, 0) is 42.0 Å². The van der Waals surface area contributed by atoms with Crippen LogP contribution in [0.4, 0.5) is 4.79 Å². The molecule has 0 spiro atoms. The zero-order valence-electron chi connectivity index (χ0n) is 13.3. The van der Waals surface area contributed by atoms with E-state index < -0.39 is 0 Å². The van der Waals surface area contributed by atoms with Crippen molar-refractivity contribution in [3.05, 3.63) is 54.0 Å². The molecular weight excluding hydrogens is 310 g/mol. The van der Waals surface area contributed by atoms with Crippen LogP contribution in [0.15, 0.2) is 52.2 Å². The summed E-state index contributed by atoms with van der Waals surface area (Å²) in [7, 11) is 1.63. The average molecular weight is 329 g/mol. The second-order valence-corrected chi connectivity index (χ2v) is 5.34. The molecule has 24 heavy (non-hydrogen) atoms. The number of amides is 2. The molecule has 126 valence electrons. The lowest BCUT2D eigenvalue weighted by molar-refractivity contribution is 0.0865. The molecular formula is C17H19N3O4. The van der Waals surface area contributed by atoms with Crippen LogP contribution < -0.4 is 15.4 Å². The Balaban J connectivity index is 1.41. The Labute approximate surface area is 139 Å². The van der Waals surface area contributed by atoms with Gasteiger partial charge in [0.1, 0.15) is 11.5 Å². The number of benzene rings is 1. The average Bonchev–Trinajstić information content (AvgIpc) is 3.30. The number of carbonyl (C=O) groups excluding carboxylic acids is 1. The van der Waals surface area contributed by atoms with E-state index in [1.807, 2.05) is 24.3 Å². The highest BCUT2D eigenvalue weighted by atomic mass is 16.6. The van der Waals surface area contributed by atoms with Gasteiger partial charge in [0.25, 0.3) is 0 Å². The Kier molecular flexibility index (Phi) is 5.00. The van der Waals surface area contributed by atoms with Gasteiger partial charge >= 0.3 is 6.03 Å². The Hall–Kier alpha value is -2.96. The highest BCUT2D eigenvalue weighted by Gasteiger charge is 2.22. The van der Waals surface area contributed by atoms with E-state index >= 15 is 0 Å². The zero-order chi connectivity index (χ0) is 16.8. The summed E-state index contributed by atoms with van der Waals surface area (Å²) in [4.78, 5) is 17.1. The van der Waals surface area contributed by atoms with Crippen LogP contribution in [0.25, 0.3) is 0 Å². The summed E-state index contributed by atoms with van der Waals surface area (Å²) < 4.78 is 10.3. The summed E-state index contributed by atoms with van der Waals surface area (Å²) in [5, 5.41) is 9.58. The van der Waals surface area contributed by atoms with Crippen LogP contribution in [0.1, 0.15) is 17.7 Å². The molecule has 0 aliphatic carbocycles. The molecule has 0 fully saturated rings. The van der Waals surface area contributed by atoms with Gasteiger partial charge in [0.2, 0.25) is 0 Å². The number of nitrogens with one attached hydrogen (secondary N) is 2. The van der Waals surface area contributed by atoms with Crippen molar-refractivity contribution in [2.24, 2.45) is 5.16 Å². The molecule has 2 aromatic rings. The Morgan fingerprint density at radius 3 is 2.83 bits per heavy atom. The van der Waals surface area contributed by atoms with Gasteiger partial charge in [-0.15, -0.1) is 0 Å². The maximum Gasteiger partial charge on any atom is 0.315 e.